The van der Waals surface area contributed by atoms with Crippen LogP contribution in [-0.2, 0) is 57.1 Å². The molecule has 6 rings (SSSR count). The van der Waals surface area contributed by atoms with Gasteiger partial charge in [-0.2, -0.15) is 0 Å². The maximum Gasteiger partial charge on any atom is 0.316 e. The van der Waals surface area contributed by atoms with Gasteiger partial charge in [0.25, 0.3) is 0 Å². The van der Waals surface area contributed by atoms with E-state index >= 15 is 0 Å². The zero-order valence-corrected chi connectivity index (χ0v) is 48.3. The van der Waals surface area contributed by atoms with Crippen molar-refractivity contribution in [2.24, 2.45) is 29.6 Å². The van der Waals surface area contributed by atoms with Crippen molar-refractivity contribution in [2.45, 2.75) is 198 Å². The Labute approximate surface area is 463 Å². The lowest BCUT2D eigenvalue weighted by atomic mass is 9.74. The highest BCUT2D eigenvalue weighted by atomic mass is 35.5. The Morgan fingerprint density at radius 3 is 2.19 bits per heavy atom. The molecule has 0 amide bonds. The van der Waals surface area contributed by atoms with Gasteiger partial charge in [0, 0.05) is 94.3 Å². The van der Waals surface area contributed by atoms with Crippen LogP contribution in [0.5, 0.6) is 0 Å². The van der Waals surface area contributed by atoms with Crippen molar-refractivity contribution in [2.75, 3.05) is 64.7 Å². The lowest BCUT2D eigenvalue weighted by Gasteiger charge is -2.49. The molecule has 3 unspecified atom stereocenters. The molecule has 442 valence electrons. The minimum absolute atomic E-state index is 0.0264. The quantitative estimate of drug-likeness (QED) is 0.0629. The summed E-state index contributed by atoms with van der Waals surface area (Å²) in [6, 6.07) is 2.99. The van der Waals surface area contributed by atoms with Crippen LogP contribution in [0.3, 0.4) is 0 Å². The minimum Gasteiger partial charge on any atom is -0.481 e. The van der Waals surface area contributed by atoms with E-state index in [1.807, 2.05) is 4.90 Å². The van der Waals surface area contributed by atoms with E-state index in [2.05, 4.69) is 10.6 Å². The number of fused-ring (bicyclic) bond motifs is 1. The third-order valence-electron chi connectivity index (χ3n) is 16.8. The SMILES string of the molecule is CC[C@H]1OC(=O)[C@H](C)[C@@H](OC2C[C@@](C)(OC)[C@@H](OC(=O)CCNCCNc3cc4c(cc3Cl)N(C3CC3)CC(C(=O)O)C4=O)[C@H](C)O2)[C@H](C)[C@@H](OC2O[C@H](OC)C[C@H](N(C)C)[C@H]2O)[C@](C)(O)C[C@@H](C)C(=O)[C@H](C)[C@H](O)[C@]1(C)O. The van der Waals surface area contributed by atoms with Gasteiger partial charge < -0.3 is 83.9 Å². The Morgan fingerprint density at radius 1 is 0.910 bits per heavy atom. The summed E-state index contributed by atoms with van der Waals surface area (Å²) in [5.41, 5.74) is -3.78. The molecular weight excluding hydrogens is 1040 g/mol. The van der Waals surface area contributed by atoms with Crippen LogP contribution in [0, 0.1) is 29.6 Å². The highest BCUT2D eigenvalue weighted by molar-refractivity contribution is 6.34. The summed E-state index contributed by atoms with van der Waals surface area (Å²) >= 11 is 6.65. The normalized spacial score (nSPS) is 39.3. The third-order valence-corrected chi connectivity index (χ3v) is 17.2. The van der Waals surface area contributed by atoms with Gasteiger partial charge >= 0.3 is 17.9 Å². The van der Waals surface area contributed by atoms with Crippen molar-refractivity contribution in [3.63, 3.8) is 0 Å². The van der Waals surface area contributed by atoms with E-state index in [1.165, 1.54) is 35.0 Å². The number of hydrogen-bond acceptors (Lipinski definition) is 21. The van der Waals surface area contributed by atoms with E-state index in [4.69, 9.17) is 49.5 Å². The predicted molar refractivity (Wildman–Crippen MR) is 285 cm³/mol. The van der Waals surface area contributed by atoms with Crippen molar-refractivity contribution < 1.29 is 87.4 Å². The Kier molecular flexibility index (Phi) is 21.3. The highest BCUT2D eigenvalue weighted by Crippen LogP contribution is 2.44. The number of aliphatic hydroxyl groups is 4. The first kappa shape index (κ1) is 63.6. The molecule has 0 bridgehead atoms. The molecule has 23 heteroatoms. The molecule has 0 aromatic heterocycles. The van der Waals surface area contributed by atoms with E-state index in [0.717, 1.165) is 12.8 Å². The molecule has 3 saturated heterocycles. The summed E-state index contributed by atoms with van der Waals surface area (Å²) in [5, 5.41) is 64.3. The molecule has 1 saturated carbocycles. The van der Waals surface area contributed by atoms with Gasteiger partial charge in [-0.05, 0) is 86.5 Å². The Bertz CT molecular complexity index is 2270. The van der Waals surface area contributed by atoms with E-state index in [9.17, 15) is 49.5 Å². The third kappa shape index (κ3) is 14.2. The topological polar surface area (TPSA) is 291 Å². The van der Waals surface area contributed by atoms with Gasteiger partial charge in [-0.25, -0.2) is 0 Å². The highest BCUT2D eigenvalue weighted by Gasteiger charge is 2.55. The number of halogens is 1. The average Bonchev–Trinajstić information content (AvgIpc) is 4.32. The van der Waals surface area contributed by atoms with Crippen molar-refractivity contribution in [1.82, 2.24) is 10.2 Å². The smallest absolute Gasteiger partial charge is 0.316 e. The molecule has 4 fully saturated rings. The molecular formula is C55H87ClN4O18. The number of aliphatic carboxylic acids is 1. The number of ether oxygens (including phenoxy) is 8. The number of Topliss-reactive ketones (excluding diaryl/α,β-unsaturated/α-hetero) is 2. The van der Waals surface area contributed by atoms with Crippen molar-refractivity contribution >= 4 is 52.5 Å². The second kappa shape index (κ2) is 26.1. The second-order valence-electron chi connectivity index (χ2n) is 23.2. The number of nitrogens with one attached hydrogen (secondary N) is 2. The number of nitrogens with zero attached hydrogens (tertiary/aromatic N) is 2. The number of anilines is 2. The number of cyclic esters (lactones) is 1. The fourth-order valence-corrected chi connectivity index (χ4v) is 12.2. The van der Waals surface area contributed by atoms with Crippen LogP contribution >= 0.6 is 11.6 Å². The van der Waals surface area contributed by atoms with E-state index < -0.39 is 144 Å². The van der Waals surface area contributed by atoms with Crippen LogP contribution in [0.2, 0.25) is 5.02 Å². The van der Waals surface area contributed by atoms with Crippen LogP contribution < -0.4 is 15.5 Å². The number of carbonyl (C=O) groups is 5. The molecule has 1 aromatic rings. The first-order valence-electron chi connectivity index (χ1n) is 27.4. The first-order valence-corrected chi connectivity index (χ1v) is 27.8. The molecule has 4 heterocycles. The Morgan fingerprint density at radius 2 is 1.59 bits per heavy atom. The summed E-state index contributed by atoms with van der Waals surface area (Å²) in [5.74, 6) is -8.85. The number of carboxylic acids is 1. The number of ketones is 2. The van der Waals surface area contributed by atoms with Gasteiger partial charge in [-0.1, -0.05) is 39.3 Å². The van der Waals surface area contributed by atoms with E-state index in [1.54, 1.807) is 72.7 Å². The summed E-state index contributed by atoms with van der Waals surface area (Å²) < 4.78 is 49.8. The van der Waals surface area contributed by atoms with Gasteiger partial charge in [0.05, 0.1) is 53.1 Å². The van der Waals surface area contributed by atoms with Crippen LogP contribution in [0.15, 0.2) is 12.1 Å². The average molecular weight is 1130 g/mol. The van der Waals surface area contributed by atoms with Gasteiger partial charge in [0.1, 0.15) is 35.1 Å². The molecule has 1 aliphatic carbocycles. The van der Waals surface area contributed by atoms with Crippen LogP contribution in [0.4, 0.5) is 11.4 Å². The van der Waals surface area contributed by atoms with Gasteiger partial charge in [-0.15, -0.1) is 0 Å². The number of rotatable bonds is 18. The van der Waals surface area contributed by atoms with Crippen LogP contribution in [0.25, 0.3) is 0 Å². The second-order valence-corrected chi connectivity index (χ2v) is 23.6. The summed E-state index contributed by atoms with van der Waals surface area (Å²) in [7, 11) is 6.50. The van der Waals surface area contributed by atoms with Crippen molar-refractivity contribution in [1.29, 1.82) is 0 Å². The molecule has 22 nitrogen and oxygen atoms in total. The number of likely N-dealkylation sites (N-methyl/N-ethyl adjacent to an activating group) is 1. The van der Waals surface area contributed by atoms with Crippen LogP contribution in [-0.4, -0.2) is 205 Å². The lowest BCUT2D eigenvalue weighted by Crippen LogP contribution is -2.61. The number of benzene rings is 1. The standard InChI is InChI=1S/C55H87ClN4O18/c1-14-39-55(9,70)47(65)28(3)43(62)27(2)24-53(7,69)48(78-52-45(64)38(59(10)11)23-41(71-12)77-52)29(4)46(30(5)51(68)74-39)76-42-25-54(8,72-13)49(31(6)73-42)75-40(61)17-18-57-19-20-58-36-21-33-37(22-35(36)56)60(32-15-16-32)26-34(44(33)63)50(66)67/h21-22,27-32,34,38-39,41-42,45-49,52,57-58,64-65,69-70H,14-20,23-26H2,1-13H3,(H,66,67)/t27-,28+,29+,30-,31+,34?,38+,39-,41+,42?,45-,46+,47+,48-,49+,52?,53-,54-,55-/m1/s1. The predicted octanol–water partition coefficient (Wildman–Crippen LogP) is 3.53. The molecule has 5 aliphatic rings. The summed E-state index contributed by atoms with van der Waals surface area (Å²) in [6.07, 6.45) is -9.95. The molecule has 1 aromatic carbocycles. The largest absolute Gasteiger partial charge is 0.481 e. The fourth-order valence-electron chi connectivity index (χ4n) is 12.0. The number of carboxylic acid groups (broad SMARTS) is 1. The summed E-state index contributed by atoms with van der Waals surface area (Å²) in [4.78, 5) is 71.0. The van der Waals surface area contributed by atoms with E-state index in [-0.39, 0.29) is 44.8 Å². The van der Waals surface area contributed by atoms with Crippen LogP contribution in [0.1, 0.15) is 118 Å². The number of esters is 2. The van der Waals surface area contributed by atoms with Gasteiger partial charge in [-0.3, -0.25) is 24.0 Å². The maximum absolute atomic E-state index is 14.5. The van der Waals surface area contributed by atoms with Gasteiger partial charge in [0.15, 0.2) is 30.8 Å². The van der Waals surface area contributed by atoms with Gasteiger partial charge in [0.2, 0.25) is 0 Å². The monoisotopic (exact) mass is 1130 g/mol. The first-order chi connectivity index (χ1) is 36.5. The molecule has 78 heavy (non-hydrogen) atoms. The molecule has 4 aliphatic heterocycles. The number of aliphatic hydroxyl groups excluding tert-OH is 2. The summed E-state index contributed by atoms with van der Waals surface area (Å²) in [6.45, 7) is 15.3. The fraction of sp³-hybridized carbons (Fsp3) is 0.800. The Hall–Kier alpha value is -3.62. The maximum atomic E-state index is 14.5. The van der Waals surface area contributed by atoms with Crippen molar-refractivity contribution in [3.8, 4) is 0 Å². The number of hydrogen-bond donors (Lipinski definition) is 7. The van der Waals surface area contributed by atoms with E-state index in [0.29, 0.717) is 41.5 Å². The minimum atomic E-state index is -2.08. The molecule has 7 N–H and O–H groups in total. The van der Waals surface area contributed by atoms with Crippen molar-refractivity contribution in [3.05, 3.63) is 22.7 Å². The lowest BCUT2D eigenvalue weighted by molar-refractivity contribution is -0.340. The number of carbonyl (C=O) groups excluding carboxylic acids is 4. The molecule has 0 spiro atoms. The number of methoxy groups -OCH3 is 2. The zero-order valence-electron chi connectivity index (χ0n) is 47.6. The Balaban J connectivity index is 1.17. The molecule has 0 radical (unpaired) electrons. The molecule has 19 atom stereocenters. The zero-order chi connectivity index (χ0) is 57.9.